The Labute approximate surface area is 187 Å². The molecule has 0 saturated carbocycles. The van der Waals surface area contributed by atoms with E-state index in [1.165, 1.54) is 48.2 Å². The van der Waals surface area contributed by atoms with Crippen LogP contribution in [0, 0.1) is 20.8 Å². The van der Waals surface area contributed by atoms with Crippen molar-refractivity contribution in [1.82, 2.24) is 14.9 Å². The Kier molecular flexibility index (Phi) is 6.29. The van der Waals surface area contributed by atoms with Gasteiger partial charge in [-0.1, -0.05) is 35.9 Å². The van der Waals surface area contributed by atoms with Crippen LogP contribution in [0.1, 0.15) is 73.7 Å². The summed E-state index contributed by atoms with van der Waals surface area (Å²) in [5.41, 5.74) is 6.30. The molecule has 31 heavy (non-hydrogen) atoms. The van der Waals surface area contributed by atoms with Crippen LogP contribution < -0.4 is 5.32 Å². The fourth-order valence-electron chi connectivity index (χ4n) is 4.87. The molecule has 1 saturated heterocycles. The highest BCUT2D eigenvalue weighted by molar-refractivity contribution is 5.92. The molecule has 4 heteroatoms. The zero-order valence-corrected chi connectivity index (χ0v) is 19.9. The quantitative estimate of drug-likeness (QED) is 0.529. The lowest BCUT2D eigenvalue weighted by Crippen LogP contribution is -2.37. The normalized spacial score (nSPS) is 16.7. The van der Waals surface area contributed by atoms with Crippen molar-refractivity contribution in [1.29, 1.82) is 0 Å². The third kappa shape index (κ3) is 4.74. The van der Waals surface area contributed by atoms with Gasteiger partial charge >= 0.3 is 0 Å². The molecule has 3 aromatic rings. The number of anilines is 1. The van der Waals surface area contributed by atoms with Crippen LogP contribution in [0.25, 0.3) is 10.9 Å². The van der Waals surface area contributed by atoms with Gasteiger partial charge in [0.05, 0.1) is 5.52 Å². The lowest BCUT2D eigenvalue weighted by atomic mass is 9.87. The van der Waals surface area contributed by atoms with Crippen LogP contribution in [0.4, 0.5) is 5.82 Å². The first-order valence-corrected chi connectivity index (χ1v) is 11.7. The molecular formula is C27H36N4. The van der Waals surface area contributed by atoms with Gasteiger partial charge in [-0.2, -0.15) is 0 Å². The molecule has 0 unspecified atom stereocenters. The van der Waals surface area contributed by atoms with Crippen molar-refractivity contribution in [3.05, 3.63) is 64.5 Å². The number of piperidine rings is 1. The van der Waals surface area contributed by atoms with Crippen molar-refractivity contribution in [2.75, 3.05) is 18.4 Å². The highest BCUT2D eigenvalue weighted by atomic mass is 15.1. The molecular weight excluding hydrogens is 380 g/mol. The maximum absolute atomic E-state index is 4.82. The van der Waals surface area contributed by atoms with Gasteiger partial charge in [-0.15, -0.1) is 0 Å². The first kappa shape index (κ1) is 21.8. The fraction of sp³-hybridized carbons (Fsp3) is 0.481. The second kappa shape index (κ2) is 8.96. The van der Waals surface area contributed by atoms with Crippen LogP contribution in [-0.2, 0) is 0 Å². The molecule has 4 nitrogen and oxygen atoms in total. The summed E-state index contributed by atoms with van der Waals surface area (Å²) in [5, 5.41) is 4.83. The summed E-state index contributed by atoms with van der Waals surface area (Å²) in [4.78, 5) is 12.2. The minimum absolute atomic E-state index is 0.177. The minimum atomic E-state index is 0.177. The lowest BCUT2D eigenvalue weighted by molar-refractivity contribution is 0.172. The zero-order valence-electron chi connectivity index (χ0n) is 19.9. The van der Waals surface area contributed by atoms with Crippen molar-refractivity contribution in [3.63, 3.8) is 0 Å². The number of rotatable bonds is 5. The summed E-state index contributed by atoms with van der Waals surface area (Å²) in [7, 11) is 0. The van der Waals surface area contributed by atoms with Gasteiger partial charge in [0.2, 0.25) is 0 Å². The molecule has 0 spiro atoms. The van der Waals surface area contributed by atoms with Gasteiger partial charge in [-0.25, -0.2) is 9.97 Å². The Hall–Kier alpha value is -2.46. The Balaban J connectivity index is 1.67. The summed E-state index contributed by atoms with van der Waals surface area (Å²) in [5.74, 6) is 2.37. The Morgan fingerprint density at radius 1 is 0.968 bits per heavy atom. The standard InChI is InChI=1S/C27H36N4/c1-17(2)31-12-10-22(11-13-31)24-15-19(4)26-25(16-24)27(30-21(6)29-26)28-20(5)23-9-7-8-18(3)14-23/h7-9,14-17,20,22H,10-13H2,1-6H3,(H,28,29,30)/t20-/m0/s1. The second-order valence-electron chi connectivity index (χ2n) is 9.54. The van der Waals surface area contributed by atoms with Gasteiger partial charge in [0.25, 0.3) is 0 Å². The second-order valence-corrected chi connectivity index (χ2v) is 9.54. The van der Waals surface area contributed by atoms with E-state index < -0.39 is 0 Å². The number of nitrogens with zero attached hydrogens (tertiary/aromatic N) is 3. The van der Waals surface area contributed by atoms with E-state index in [0.717, 1.165) is 22.5 Å². The van der Waals surface area contributed by atoms with Crippen molar-refractivity contribution in [2.24, 2.45) is 0 Å². The molecule has 0 bridgehead atoms. The third-order valence-electron chi connectivity index (χ3n) is 6.75. The molecule has 2 aromatic carbocycles. The average molecular weight is 417 g/mol. The number of aromatic nitrogens is 2. The smallest absolute Gasteiger partial charge is 0.138 e. The van der Waals surface area contributed by atoms with E-state index in [-0.39, 0.29) is 6.04 Å². The maximum Gasteiger partial charge on any atom is 0.138 e. The van der Waals surface area contributed by atoms with E-state index in [0.29, 0.717) is 12.0 Å². The van der Waals surface area contributed by atoms with Gasteiger partial charge in [-0.3, -0.25) is 0 Å². The van der Waals surface area contributed by atoms with Crippen molar-refractivity contribution < 1.29 is 0 Å². The van der Waals surface area contributed by atoms with Crippen LogP contribution >= 0.6 is 0 Å². The average Bonchev–Trinajstić information content (AvgIpc) is 2.74. The van der Waals surface area contributed by atoms with Crippen molar-refractivity contribution >= 4 is 16.7 Å². The number of nitrogens with one attached hydrogen (secondary N) is 1. The SMILES string of the molecule is Cc1cccc([C@H](C)Nc2nc(C)nc3c(C)cc(C4CCN(C(C)C)CC4)cc23)c1. The molecule has 1 aliphatic rings. The molecule has 4 rings (SSSR count). The zero-order chi connectivity index (χ0) is 22.1. The van der Waals surface area contributed by atoms with Crippen molar-refractivity contribution in [2.45, 2.75) is 72.4 Å². The summed E-state index contributed by atoms with van der Waals surface area (Å²) < 4.78 is 0. The van der Waals surface area contributed by atoms with Crippen LogP contribution in [0.15, 0.2) is 36.4 Å². The monoisotopic (exact) mass is 416 g/mol. The molecule has 1 aromatic heterocycles. The predicted molar refractivity (Wildman–Crippen MR) is 131 cm³/mol. The van der Waals surface area contributed by atoms with E-state index in [2.05, 4.69) is 81.2 Å². The summed E-state index contributed by atoms with van der Waals surface area (Å²) in [6, 6.07) is 14.2. The van der Waals surface area contributed by atoms with Crippen LogP contribution in [-0.4, -0.2) is 34.0 Å². The molecule has 1 aliphatic heterocycles. The fourth-order valence-corrected chi connectivity index (χ4v) is 4.87. The number of fused-ring (bicyclic) bond motifs is 1. The van der Waals surface area contributed by atoms with Crippen LogP contribution in [0.2, 0.25) is 0 Å². The molecule has 0 radical (unpaired) electrons. The molecule has 164 valence electrons. The van der Waals surface area contributed by atoms with E-state index in [1.54, 1.807) is 0 Å². The molecule has 0 amide bonds. The molecule has 1 N–H and O–H groups in total. The van der Waals surface area contributed by atoms with E-state index >= 15 is 0 Å². The predicted octanol–water partition coefficient (Wildman–Crippen LogP) is 6.32. The maximum atomic E-state index is 4.82. The number of hydrogen-bond donors (Lipinski definition) is 1. The lowest BCUT2D eigenvalue weighted by Gasteiger charge is -2.35. The Morgan fingerprint density at radius 2 is 1.71 bits per heavy atom. The summed E-state index contributed by atoms with van der Waals surface area (Å²) in [6.07, 6.45) is 2.44. The number of hydrogen-bond acceptors (Lipinski definition) is 4. The number of likely N-dealkylation sites (tertiary alicyclic amines) is 1. The number of benzene rings is 2. The van der Waals surface area contributed by atoms with E-state index in [1.807, 2.05) is 6.92 Å². The van der Waals surface area contributed by atoms with Gasteiger partial charge in [0.1, 0.15) is 11.6 Å². The Morgan fingerprint density at radius 3 is 2.39 bits per heavy atom. The Bertz CT molecular complexity index is 1060. The van der Waals surface area contributed by atoms with Crippen LogP contribution in [0.5, 0.6) is 0 Å². The molecule has 1 atom stereocenters. The first-order chi connectivity index (χ1) is 14.8. The first-order valence-electron chi connectivity index (χ1n) is 11.7. The highest BCUT2D eigenvalue weighted by Crippen LogP contribution is 2.34. The third-order valence-corrected chi connectivity index (χ3v) is 6.75. The molecule has 1 fully saturated rings. The van der Waals surface area contributed by atoms with Gasteiger partial charge < -0.3 is 10.2 Å². The molecule has 0 aliphatic carbocycles. The summed E-state index contributed by atoms with van der Waals surface area (Å²) in [6.45, 7) is 15.5. The molecule has 2 heterocycles. The van der Waals surface area contributed by atoms with Gasteiger partial charge in [0, 0.05) is 17.5 Å². The highest BCUT2D eigenvalue weighted by Gasteiger charge is 2.23. The van der Waals surface area contributed by atoms with E-state index in [9.17, 15) is 0 Å². The topological polar surface area (TPSA) is 41.1 Å². The van der Waals surface area contributed by atoms with Gasteiger partial charge in [0.15, 0.2) is 0 Å². The van der Waals surface area contributed by atoms with Crippen molar-refractivity contribution in [3.8, 4) is 0 Å². The van der Waals surface area contributed by atoms with Crippen LogP contribution in [0.3, 0.4) is 0 Å². The summed E-state index contributed by atoms with van der Waals surface area (Å²) >= 11 is 0. The minimum Gasteiger partial charge on any atom is -0.363 e. The van der Waals surface area contributed by atoms with E-state index in [4.69, 9.17) is 9.97 Å². The van der Waals surface area contributed by atoms with Gasteiger partial charge in [-0.05, 0) is 96.1 Å². The largest absolute Gasteiger partial charge is 0.363 e. The number of aryl methyl sites for hydroxylation is 3.